The summed E-state index contributed by atoms with van der Waals surface area (Å²) in [5.74, 6) is -0.621. The van der Waals surface area contributed by atoms with E-state index in [4.69, 9.17) is 0 Å². The molecule has 4 rings (SSSR count). The highest BCUT2D eigenvalue weighted by molar-refractivity contribution is 5.83. The molecule has 0 aliphatic carbocycles. The summed E-state index contributed by atoms with van der Waals surface area (Å²) >= 11 is 0. The second-order valence-corrected chi connectivity index (χ2v) is 7.30. The molecule has 0 amide bonds. The SMILES string of the molecule is CC1(C)CCc2nc3cc(-c4cc(F)ncc4F)ccc3c(=O)n2C1. The van der Waals surface area contributed by atoms with E-state index < -0.39 is 11.8 Å². The molecular formula is C19H17F2N3O. The molecule has 3 aromatic rings. The Morgan fingerprint density at radius 2 is 2.00 bits per heavy atom. The fourth-order valence-corrected chi connectivity index (χ4v) is 3.38. The third-order valence-corrected chi connectivity index (χ3v) is 4.78. The lowest BCUT2D eigenvalue weighted by atomic mass is 9.85. The van der Waals surface area contributed by atoms with Crippen LogP contribution in [0.5, 0.6) is 0 Å². The average molecular weight is 341 g/mol. The van der Waals surface area contributed by atoms with Crippen LogP contribution < -0.4 is 5.56 Å². The third-order valence-electron chi connectivity index (χ3n) is 4.78. The first kappa shape index (κ1) is 15.9. The summed E-state index contributed by atoms with van der Waals surface area (Å²) in [4.78, 5) is 20.7. The largest absolute Gasteiger partial charge is 0.296 e. The summed E-state index contributed by atoms with van der Waals surface area (Å²) in [6.45, 7) is 4.91. The number of benzene rings is 1. The number of halogens is 2. The molecule has 0 saturated heterocycles. The highest BCUT2D eigenvalue weighted by atomic mass is 19.1. The molecule has 0 radical (unpaired) electrons. The van der Waals surface area contributed by atoms with Gasteiger partial charge >= 0.3 is 0 Å². The van der Waals surface area contributed by atoms with Gasteiger partial charge in [0.15, 0.2) is 0 Å². The maximum Gasteiger partial charge on any atom is 0.261 e. The van der Waals surface area contributed by atoms with Crippen molar-refractivity contribution in [3.05, 3.63) is 58.4 Å². The smallest absolute Gasteiger partial charge is 0.261 e. The molecule has 0 N–H and O–H groups in total. The van der Waals surface area contributed by atoms with E-state index >= 15 is 0 Å². The lowest BCUT2D eigenvalue weighted by Crippen LogP contribution is -2.36. The minimum atomic E-state index is -0.753. The molecule has 1 aliphatic heterocycles. The van der Waals surface area contributed by atoms with Gasteiger partial charge in [-0.3, -0.25) is 9.36 Å². The number of aromatic nitrogens is 3. The van der Waals surface area contributed by atoms with Crippen molar-refractivity contribution in [2.45, 2.75) is 33.2 Å². The molecule has 0 saturated carbocycles. The number of hydrogen-bond acceptors (Lipinski definition) is 3. The minimum Gasteiger partial charge on any atom is -0.296 e. The van der Waals surface area contributed by atoms with Crippen molar-refractivity contribution >= 4 is 10.9 Å². The first-order chi connectivity index (χ1) is 11.8. The number of nitrogens with zero attached hydrogens (tertiary/aromatic N) is 3. The fourth-order valence-electron chi connectivity index (χ4n) is 3.38. The van der Waals surface area contributed by atoms with Gasteiger partial charge in [-0.15, -0.1) is 0 Å². The van der Waals surface area contributed by atoms with Crippen molar-refractivity contribution < 1.29 is 8.78 Å². The van der Waals surface area contributed by atoms with Crippen LogP contribution in [0.2, 0.25) is 0 Å². The Kier molecular flexibility index (Phi) is 3.45. The number of aryl methyl sites for hydroxylation is 1. The van der Waals surface area contributed by atoms with Crippen LogP contribution in [-0.4, -0.2) is 14.5 Å². The minimum absolute atomic E-state index is 0.0593. The van der Waals surface area contributed by atoms with E-state index in [9.17, 15) is 13.6 Å². The highest BCUT2D eigenvalue weighted by Gasteiger charge is 2.27. The van der Waals surface area contributed by atoms with Gasteiger partial charge in [0.1, 0.15) is 11.6 Å². The molecule has 0 atom stereocenters. The van der Waals surface area contributed by atoms with Gasteiger partial charge < -0.3 is 0 Å². The predicted octanol–water partition coefficient (Wildman–Crippen LogP) is 3.71. The summed E-state index contributed by atoms with van der Waals surface area (Å²) in [5, 5.41) is 0.486. The Labute approximate surface area is 143 Å². The van der Waals surface area contributed by atoms with Gasteiger partial charge in [0.25, 0.3) is 5.56 Å². The lowest BCUT2D eigenvalue weighted by Gasteiger charge is -2.31. The van der Waals surface area contributed by atoms with E-state index in [1.165, 1.54) is 0 Å². The zero-order valence-corrected chi connectivity index (χ0v) is 14.0. The van der Waals surface area contributed by atoms with Crippen molar-refractivity contribution in [1.29, 1.82) is 0 Å². The molecule has 0 unspecified atom stereocenters. The van der Waals surface area contributed by atoms with E-state index in [1.807, 2.05) is 0 Å². The molecule has 4 nitrogen and oxygen atoms in total. The standard InChI is InChI=1S/C19H17F2N3O/c1-19(2)6-5-17-23-15-7-11(13-8-16(21)22-9-14(13)20)3-4-12(15)18(25)24(17)10-19/h3-4,7-9H,5-6,10H2,1-2H3. The Morgan fingerprint density at radius 3 is 2.80 bits per heavy atom. The van der Waals surface area contributed by atoms with Gasteiger partial charge in [-0.1, -0.05) is 19.9 Å². The Morgan fingerprint density at radius 1 is 1.20 bits per heavy atom. The van der Waals surface area contributed by atoms with Crippen LogP contribution in [-0.2, 0) is 13.0 Å². The van der Waals surface area contributed by atoms with E-state index in [1.54, 1.807) is 22.8 Å². The van der Waals surface area contributed by atoms with Crippen LogP contribution in [0.1, 0.15) is 26.1 Å². The van der Waals surface area contributed by atoms with Crippen LogP contribution in [0.3, 0.4) is 0 Å². The van der Waals surface area contributed by atoms with Crippen molar-refractivity contribution in [3.63, 3.8) is 0 Å². The molecular weight excluding hydrogens is 324 g/mol. The zero-order valence-electron chi connectivity index (χ0n) is 14.0. The Balaban J connectivity index is 1.91. The quantitative estimate of drug-likeness (QED) is 0.634. The second-order valence-electron chi connectivity index (χ2n) is 7.30. The Bertz CT molecular complexity index is 1060. The first-order valence-electron chi connectivity index (χ1n) is 8.19. The van der Waals surface area contributed by atoms with Crippen molar-refractivity contribution in [2.75, 3.05) is 0 Å². The highest BCUT2D eigenvalue weighted by Crippen LogP contribution is 2.30. The predicted molar refractivity (Wildman–Crippen MR) is 91.3 cm³/mol. The molecule has 25 heavy (non-hydrogen) atoms. The van der Waals surface area contributed by atoms with Crippen molar-refractivity contribution in [1.82, 2.24) is 14.5 Å². The first-order valence-corrected chi connectivity index (χ1v) is 8.19. The fraction of sp³-hybridized carbons (Fsp3) is 0.316. The molecule has 128 valence electrons. The van der Waals surface area contributed by atoms with Crippen molar-refractivity contribution in [3.8, 4) is 11.1 Å². The normalized spacial score (nSPS) is 16.0. The van der Waals surface area contributed by atoms with Crippen LogP contribution in [0, 0.1) is 17.2 Å². The monoisotopic (exact) mass is 341 g/mol. The summed E-state index contributed by atoms with van der Waals surface area (Å²) in [6, 6.07) is 5.93. The maximum absolute atomic E-state index is 14.0. The summed E-state index contributed by atoms with van der Waals surface area (Å²) in [6.07, 6.45) is 2.53. The van der Waals surface area contributed by atoms with Gasteiger partial charge in [-0.2, -0.15) is 4.39 Å². The Hall–Kier alpha value is -2.63. The van der Waals surface area contributed by atoms with Crippen LogP contribution >= 0.6 is 0 Å². The molecule has 1 aromatic carbocycles. The number of fused-ring (bicyclic) bond motifs is 2. The number of pyridine rings is 1. The van der Waals surface area contributed by atoms with Gasteiger partial charge in [-0.25, -0.2) is 14.4 Å². The van der Waals surface area contributed by atoms with E-state index in [2.05, 4.69) is 23.8 Å². The van der Waals surface area contributed by atoms with Gasteiger partial charge in [0.2, 0.25) is 5.95 Å². The molecule has 1 aliphatic rings. The molecule has 6 heteroatoms. The van der Waals surface area contributed by atoms with Crippen molar-refractivity contribution in [2.24, 2.45) is 5.41 Å². The van der Waals surface area contributed by atoms with E-state index in [0.29, 0.717) is 23.0 Å². The van der Waals surface area contributed by atoms with Gasteiger partial charge in [0, 0.05) is 24.6 Å². The zero-order chi connectivity index (χ0) is 17.8. The van der Waals surface area contributed by atoms with E-state index in [-0.39, 0.29) is 16.5 Å². The lowest BCUT2D eigenvalue weighted by molar-refractivity contribution is 0.240. The molecule has 3 heterocycles. The molecule has 0 spiro atoms. The van der Waals surface area contributed by atoms with Crippen LogP contribution in [0.4, 0.5) is 8.78 Å². The van der Waals surface area contributed by atoms with Crippen LogP contribution in [0.15, 0.2) is 35.3 Å². The summed E-state index contributed by atoms with van der Waals surface area (Å²) in [5.41, 5.74) is 1.06. The summed E-state index contributed by atoms with van der Waals surface area (Å²) < 4.78 is 29.1. The van der Waals surface area contributed by atoms with E-state index in [0.717, 1.165) is 30.9 Å². The van der Waals surface area contributed by atoms with Gasteiger partial charge in [0.05, 0.1) is 17.1 Å². The average Bonchev–Trinajstić information content (AvgIpc) is 2.57. The molecule has 0 fully saturated rings. The molecule has 2 aromatic heterocycles. The second kappa shape index (κ2) is 5.44. The summed E-state index contributed by atoms with van der Waals surface area (Å²) in [7, 11) is 0. The van der Waals surface area contributed by atoms with Gasteiger partial charge in [-0.05, 0) is 29.5 Å². The maximum atomic E-state index is 14.0. The van der Waals surface area contributed by atoms with Crippen LogP contribution in [0.25, 0.3) is 22.0 Å². The number of hydrogen-bond donors (Lipinski definition) is 0. The third kappa shape index (κ3) is 2.71. The number of rotatable bonds is 1. The topological polar surface area (TPSA) is 47.8 Å². The molecule has 0 bridgehead atoms.